The number of nitrogens with zero attached hydrogens (tertiary/aromatic N) is 6. The van der Waals surface area contributed by atoms with Crippen molar-refractivity contribution in [2.45, 2.75) is 52.0 Å². The average Bonchev–Trinajstić information content (AvgIpc) is 3.08. The van der Waals surface area contributed by atoms with E-state index in [0.717, 1.165) is 99.1 Å². The maximum absolute atomic E-state index is 5.58. The van der Waals surface area contributed by atoms with Crippen molar-refractivity contribution in [3.8, 4) is 0 Å². The number of ether oxygens (including phenoxy) is 1. The van der Waals surface area contributed by atoms with Crippen LogP contribution < -0.4 is 11.1 Å². The maximum atomic E-state index is 5.58. The quantitative estimate of drug-likeness (QED) is 0.173. The molecule has 9 nitrogen and oxygen atoms in total. The standard InChI is InChI=1S/C24H39BrN8OS/c1-20-22(18-33(30-20)12-6-9-31-13-15-34-16-14-31)28-17-21(25)24(29-19-26)27-8-5-11-32-10-4-2-3-7-23(32)35/h17-19,27H,2-16H2,1H3,(H2,26,29)/b24-21+,28-17-. The SMILES string of the molecule is Cc1nn(CCCN2CCOCC2)cc1\N=C/C(Br)=C(\N=C\N)NCCCN1CCCCCC1=S. The predicted molar refractivity (Wildman–Crippen MR) is 151 cm³/mol. The van der Waals surface area contributed by atoms with Crippen molar-refractivity contribution >= 4 is 51.4 Å². The van der Waals surface area contributed by atoms with E-state index in [4.69, 9.17) is 22.7 Å². The van der Waals surface area contributed by atoms with E-state index < -0.39 is 0 Å². The molecule has 11 heteroatoms. The summed E-state index contributed by atoms with van der Waals surface area (Å²) in [6.07, 6.45) is 11.8. The Morgan fingerprint density at radius 1 is 1.20 bits per heavy atom. The molecule has 35 heavy (non-hydrogen) atoms. The Bertz CT molecular complexity index is 894. The van der Waals surface area contributed by atoms with Crippen molar-refractivity contribution in [2.75, 3.05) is 52.5 Å². The molecule has 0 radical (unpaired) electrons. The van der Waals surface area contributed by atoms with Crippen molar-refractivity contribution in [3.05, 3.63) is 22.2 Å². The lowest BCUT2D eigenvalue weighted by Crippen LogP contribution is -2.37. The molecule has 2 aliphatic rings. The summed E-state index contributed by atoms with van der Waals surface area (Å²) in [5, 5.41) is 7.98. The number of aromatic nitrogens is 2. The number of nitrogens with two attached hydrogens (primary N) is 1. The minimum absolute atomic E-state index is 0.658. The lowest BCUT2D eigenvalue weighted by atomic mass is 10.2. The van der Waals surface area contributed by atoms with Gasteiger partial charge >= 0.3 is 0 Å². The first kappa shape index (κ1) is 27.8. The summed E-state index contributed by atoms with van der Waals surface area (Å²) in [7, 11) is 0. The van der Waals surface area contributed by atoms with E-state index in [1.165, 1.54) is 25.6 Å². The van der Waals surface area contributed by atoms with Gasteiger partial charge in [-0.2, -0.15) is 5.10 Å². The number of morpholine rings is 1. The van der Waals surface area contributed by atoms with Crippen LogP contribution in [0.3, 0.4) is 0 Å². The van der Waals surface area contributed by atoms with E-state index in [2.05, 4.69) is 46.1 Å². The highest BCUT2D eigenvalue weighted by Crippen LogP contribution is 2.19. The number of aliphatic imine (C=N–C) groups is 2. The number of hydrogen-bond acceptors (Lipinski definition) is 7. The van der Waals surface area contributed by atoms with Crippen LogP contribution in [0.1, 0.15) is 44.2 Å². The normalized spacial score (nSPS) is 18.9. The zero-order chi connectivity index (χ0) is 24.9. The fraction of sp³-hybridized carbons (Fsp3) is 0.667. The van der Waals surface area contributed by atoms with Crippen LogP contribution >= 0.6 is 28.1 Å². The fourth-order valence-electron chi connectivity index (χ4n) is 4.24. The van der Waals surface area contributed by atoms with E-state index in [0.29, 0.717) is 5.82 Å². The molecule has 1 aromatic heterocycles. The molecule has 0 spiro atoms. The zero-order valence-corrected chi connectivity index (χ0v) is 23.2. The Kier molecular flexibility index (Phi) is 12.2. The van der Waals surface area contributed by atoms with Gasteiger partial charge in [0.05, 0.1) is 40.9 Å². The van der Waals surface area contributed by atoms with Gasteiger partial charge in [0.15, 0.2) is 0 Å². The summed E-state index contributed by atoms with van der Waals surface area (Å²) < 4.78 is 8.13. The molecule has 1 aromatic rings. The van der Waals surface area contributed by atoms with Crippen molar-refractivity contribution < 1.29 is 4.74 Å². The van der Waals surface area contributed by atoms with Crippen molar-refractivity contribution in [3.63, 3.8) is 0 Å². The van der Waals surface area contributed by atoms with Gasteiger partial charge in [0.25, 0.3) is 0 Å². The van der Waals surface area contributed by atoms with Gasteiger partial charge in [-0.25, -0.2) is 4.99 Å². The Balaban J connectivity index is 1.48. The number of thiocarbonyl (C=S) groups is 1. The van der Waals surface area contributed by atoms with Crippen LogP contribution in [0.4, 0.5) is 5.69 Å². The molecule has 0 aliphatic carbocycles. The summed E-state index contributed by atoms with van der Waals surface area (Å²) in [6.45, 7) is 10.4. The number of allylic oxidation sites excluding steroid dienone is 1. The molecule has 2 aliphatic heterocycles. The highest BCUT2D eigenvalue weighted by Gasteiger charge is 2.13. The Hall–Kier alpha value is -1.82. The number of nitrogens with one attached hydrogen (secondary N) is 1. The third-order valence-electron chi connectivity index (χ3n) is 6.20. The number of halogens is 1. The first-order valence-electron chi connectivity index (χ1n) is 12.6. The van der Waals surface area contributed by atoms with Gasteiger partial charge in [0.2, 0.25) is 0 Å². The number of likely N-dealkylation sites (tertiary alicyclic amines) is 1. The minimum Gasteiger partial charge on any atom is -0.390 e. The first-order chi connectivity index (χ1) is 17.1. The third-order valence-corrected chi connectivity index (χ3v) is 7.24. The minimum atomic E-state index is 0.658. The highest BCUT2D eigenvalue weighted by molar-refractivity contribution is 9.12. The zero-order valence-electron chi connectivity index (χ0n) is 20.8. The summed E-state index contributed by atoms with van der Waals surface area (Å²) in [4.78, 5) is 14.8. The van der Waals surface area contributed by atoms with E-state index in [1.54, 1.807) is 6.21 Å². The average molecular weight is 568 g/mol. The molecule has 194 valence electrons. The van der Waals surface area contributed by atoms with Crippen LogP contribution in [0.15, 0.2) is 26.5 Å². The summed E-state index contributed by atoms with van der Waals surface area (Å²) in [5.41, 5.74) is 7.33. The lowest BCUT2D eigenvalue weighted by Gasteiger charge is -2.26. The predicted octanol–water partition coefficient (Wildman–Crippen LogP) is 3.35. The van der Waals surface area contributed by atoms with Gasteiger partial charge in [-0.05, 0) is 55.0 Å². The van der Waals surface area contributed by atoms with Crippen molar-refractivity contribution in [2.24, 2.45) is 15.7 Å². The molecule has 0 aromatic carbocycles. The number of aryl methyl sites for hydroxylation is 2. The van der Waals surface area contributed by atoms with Crippen LogP contribution in [-0.4, -0.2) is 89.6 Å². The Morgan fingerprint density at radius 3 is 2.83 bits per heavy atom. The monoisotopic (exact) mass is 566 g/mol. The smallest absolute Gasteiger partial charge is 0.143 e. The largest absolute Gasteiger partial charge is 0.390 e. The van der Waals surface area contributed by atoms with Crippen LogP contribution in [-0.2, 0) is 11.3 Å². The summed E-state index contributed by atoms with van der Waals surface area (Å²) in [5.74, 6) is 0.658. The van der Waals surface area contributed by atoms with Crippen LogP contribution in [0.2, 0.25) is 0 Å². The van der Waals surface area contributed by atoms with E-state index in [9.17, 15) is 0 Å². The molecule has 0 atom stereocenters. The maximum Gasteiger partial charge on any atom is 0.143 e. The summed E-state index contributed by atoms with van der Waals surface area (Å²) in [6, 6.07) is 0. The van der Waals surface area contributed by atoms with Gasteiger partial charge < -0.3 is 20.7 Å². The van der Waals surface area contributed by atoms with E-state index in [-0.39, 0.29) is 0 Å². The molecule has 2 saturated heterocycles. The molecule has 3 N–H and O–H groups in total. The Labute approximate surface area is 223 Å². The van der Waals surface area contributed by atoms with Crippen LogP contribution in [0.5, 0.6) is 0 Å². The molecule has 0 saturated carbocycles. The molecule has 3 rings (SSSR count). The second-order valence-corrected chi connectivity index (χ2v) is 10.2. The number of hydrogen-bond donors (Lipinski definition) is 2. The molecule has 0 unspecified atom stereocenters. The molecular weight excluding hydrogens is 528 g/mol. The third kappa shape index (κ3) is 9.63. The lowest BCUT2D eigenvalue weighted by molar-refractivity contribution is 0.0368. The van der Waals surface area contributed by atoms with Crippen LogP contribution in [0, 0.1) is 6.92 Å². The summed E-state index contributed by atoms with van der Waals surface area (Å²) >= 11 is 9.16. The van der Waals surface area contributed by atoms with Gasteiger partial charge in [0, 0.05) is 52.0 Å². The topological polar surface area (TPSA) is 96.3 Å². The second kappa shape index (κ2) is 15.3. The molecule has 0 bridgehead atoms. The van der Waals surface area contributed by atoms with Gasteiger partial charge in [-0.1, -0.05) is 18.6 Å². The second-order valence-electron chi connectivity index (χ2n) is 8.88. The van der Waals surface area contributed by atoms with Gasteiger partial charge in [-0.15, -0.1) is 0 Å². The van der Waals surface area contributed by atoms with Gasteiger partial charge in [0.1, 0.15) is 11.5 Å². The fourth-order valence-corrected chi connectivity index (χ4v) is 4.91. The molecule has 2 fully saturated rings. The van der Waals surface area contributed by atoms with Crippen molar-refractivity contribution in [1.29, 1.82) is 0 Å². The van der Waals surface area contributed by atoms with Gasteiger partial charge in [-0.3, -0.25) is 14.6 Å². The molecule has 0 amide bonds. The van der Waals surface area contributed by atoms with E-state index >= 15 is 0 Å². The molecular formula is C24H39BrN8OS. The van der Waals surface area contributed by atoms with E-state index in [1.807, 2.05) is 17.8 Å². The molecule has 3 heterocycles. The first-order valence-corrected chi connectivity index (χ1v) is 13.8. The van der Waals surface area contributed by atoms with Crippen LogP contribution in [0.25, 0.3) is 0 Å². The number of rotatable bonds is 12. The Morgan fingerprint density at radius 2 is 2.03 bits per heavy atom. The highest BCUT2D eigenvalue weighted by atomic mass is 79.9. The van der Waals surface area contributed by atoms with Crippen molar-refractivity contribution in [1.82, 2.24) is 24.9 Å².